The van der Waals surface area contributed by atoms with Crippen molar-refractivity contribution in [2.24, 2.45) is 0 Å². The molecule has 1 aromatic heterocycles. The summed E-state index contributed by atoms with van der Waals surface area (Å²) in [6.45, 7) is 5.58. The summed E-state index contributed by atoms with van der Waals surface area (Å²) in [5, 5.41) is 14.7. The Morgan fingerprint density at radius 2 is 2.40 bits per heavy atom. The first kappa shape index (κ1) is 15.5. The molecule has 0 spiro atoms. The molecule has 0 saturated carbocycles. The van der Waals surface area contributed by atoms with Crippen LogP contribution in [0.5, 0.6) is 0 Å². The minimum Gasteiger partial charge on any atom is -0.481 e. The van der Waals surface area contributed by atoms with E-state index in [4.69, 9.17) is 5.11 Å². The lowest BCUT2D eigenvalue weighted by Gasteiger charge is -2.23. The third-order valence-electron chi connectivity index (χ3n) is 3.97. The van der Waals surface area contributed by atoms with Gasteiger partial charge >= 0.3 is 5.97 Å². The van der Waals surface area contributed by atoms with E-state index in [1.165, 1.54) is 6.42 Å². The number of carboxylic acid groups (broad SMARTS) is 1. The normalized spacial score (nSPS) is 22.4. The first-order chi connectivity index (χ1) is 9.69. The Bertz CT molecular complexity index is 408. The molecule has 1 saturated heterocycles. The zero-order valence-corrected chi connectivity index (χ0v) is 12.9. The standard InChI is InChI=1S/C15H24N2O2S/c1-2-17-8-3-5-12(7-9-17)16-13(11-15(18)19)14-6-4-10-20-14/h4,6,10,12-13,16H,2-3,5,7-9,11H2,1H3,(H,18,19). The number of rotatable bonds is 6. The minimum absolute atomic E-state index is 0.0503. The molecule has 5 heteroatoms. The number of nitrogens with zero attached hydrogens (tertiary/aromatic N) is 1. The Labute approximate surface area is 124 Å². The summed E-state index contributed by atoms with van der Waals surface area (Å²) in [6.07, 6.45) is 3.59. The van der Waals surface area contributed by atoms with Crippen LogP contribution in [0.15, 0.2) is 17.5 Å². The van der Waals surface area contributed by atoms with Crippen molar-refractivity contribution < 1.29 is 9.90 Å². The molecule has 0 aromatic carbocycles. The molecule has 2 unspecified atom stereocenters. The lowest BCUT2D eigenvalue weighted by molar-refractivity contribution is -0.137. The fraction of sp³-hybridized carbons (Fsp3) is 0.667. The molecule has 2 atom stereocenters. The van der Waals surface area contributed by atoms with Gasteiger partial charge in [-0.25, -0.2) is 0 Å². The third kappa shape index (κ3) is 4.58. The lowest BCUT2D eigenvalue weighted by Crippen LogP contribution is -2.34. The molecule has 1 aliphatic rings. The summed E-state index contributed by atoms with van der Waals surface area (Å²) in [5.41, 5.74) is 0. The molecule has 0 aliphatic carbocycles. The van der Waals surface area contributed by atoms with Gasteiger partial charge in [0.1, 0.15) is 0 Å². The molecule has 1 aromatic rings. The zero-order valence-electron chi connectivity index (χ0n) is 12.0. The van der Waals surface area contributed by atoms with Gasteiger partial charge < -0.3 is 15.3 Å². The number of hydrogen-bond donors (Lipinski definition) is 2. The van der Waals surface area contributed by atoms with Gasteiger partial charge in [-0.05, 0) is 50.3 Å². The van der Waals surface area contributed by atoms with Crippen LogP contribution >= 0.6 is 11.3 Å². The molecular weight excluding hydrogens is 272 g/mol. The van der Waals surface area contributed by atoms with Gasteiger partial charge in [-0.2, -0.15) is 0 Å². The van der Waals surface area contributed by atoms with Crippen molar-refractivity contribution in [1.29, 1.82) is 0 Å². The van der Waals surface area contributed by atoms with E-state index < -0.39 is 5.97 Å². The van der Waals surface area contributed by atoms with Crippen molar-refractivity contribution in [3.63, 3.8) is 0 Å². The minimum atomic E-state index is -0.736. The summed E-state index contributed by atoms with van der Waals surface area (Å²) in [7, 11) is 0. The highest BCUT2D eigenvalue weighted by molar-refractivity contribution is 7.10. The topological polar surface area (TPSA) is 52.6 Å². The van der Waals surface area contributed by atoms with E-state index in [1.807, 2.05) is 17.5 Å². The summed E-state index contributed by atoms with van der Waals surface area (Å²) in [6, 6.07) is 4.40. The average molecular weight is 296 g/mol. The van der Waals surface area contributed by atoms with Crippen LogP contribution in [0.25, 0.3) is 0 Å². The smallest absolute Gasteiger partial charge is 0.305 e. The molecule has 0 bridgehead atoms. The van der Waals surface area contributed by atoms with E-state index >= 15 is 0 Å². The van der Waals surface area contributed by atoms with Crippen LogP contribution in [0.3, 0.4) is 0 Å². The van der Waals surface area contributed by atoms with Gasteiger partial charge in [-0.1, -0.05) is 13.0 Å². The van der Waals surface area contributed by atoms with Crippen LogP contribution < -0.4 is 5.32 Å². The summed E-state index contributed by atoms with van der Waals surface area (Å²) in [4.78, 5) is 14.7. The van der Waals surface area contributed by atoms with Gasteiger partial charge in [0, 0.05) is 10.9 Å². The first-order valence-corrected chi connectivity index (χ1v) is 8.30. The van der Waals surface area contributed by atoms with Crippen LogP contribution in [0.2, 0.25) is 0 Å². The number of nitrogens with one attached hydrogen (secondary N) is 1. The monoisotopic (exact) mass is 296 g/mol. The summed E-state index contributed by atoms with van der Waals surface area (Å²) in [5.74, 6) is -0.736. The lowest BCUT2D eigenvalue weighted by atomic mass is 10.1. The molecule has 0 amide bonds. The summed E-state index contributed by atoms with van der Waals surface area (Å²) >= 11 is 1.64. The fourth-order valence-electron chi connectivity index (χ4n) is 2.83. The molecule has 2 heterocycles. The second kappa shape index (κ2) is 7.76. The van der Waals surface area contributed by atoms with Crippen LogP contribution in [-0.2, 0) is 4.79 Å². The highest BCUT2D eigenvalue weighted by atomic mass is 32.1. The molecule has 2 rings (SSSR count). The highest BCUT2D eigenvalue weighted by Gasteiger charge is 2.22. The number of carboxylic acids is 1. The molecule has 1 fully saturated rings. The third-order valence-corrected chi connectivity index (χ3v) is 4.96. The van der Waals surface area contributed by atoms with Gasteiger partial charge in [0.05, 0.1) is 12.5 Å². The second-order valence-corrected chi connectivity index (χ2v) is 6.37. The Kier molecular flexibility index (Phi) is 6.01. The number of aliphatic carboxylic acids is 1. The fourth-order valence-corrected chi connectivity index (χ4v) is 3.62. The van der Waals surface area contributed by atoms with Crippen LogP contribution in [0.1, 0.15) is 43.5 Å². The van der Waals surface area contributed by atoms with Gasteiger partial charge in [0.2, 0.25) is 0 Å². The molecule has 20 heavy (non-hydrogen) atoms. The van der Waals surface area contributed by atoms with E-state index in [2.05, 4.69) is 17.1 Å². The quantitative estimate of drug-likeness (QED) is 0.847. The summed E-state index contributed by atoms with van der Waals surface area (Å²) < 4.78 is 0. The van der Waals surface area contributed by atoms with Crippen LogP contribution in [0.4, 0.5) is 0 Å². The average Bonchev–Trinajstić information content (AvgIpc) is 2.85. The maximum atomic E-state index is 11.1. The first-order valence-electron chi connectivity index (χ1n) is 7.42. The van der Waals surface area contributed by atoms with Crippen molar-refractivity contribution in [3.05, 3.63) is 22.4 Å². The molecule has 0 radical (unpaired) electrons. The van der Waals surface area contributed by atoms with Crippen molar-refractivity contribution in [2.45, 2.75) is 44.7 Å². The molecule has 112 valence electrons. The van der Waals surface area contributed by atoms with Crippen molar-refractivity contribution >= 4 is 17.3 Å². The van der Waals surface area contributed by atoms with Crippen LogP contribution in [0, 0.1) is 0 Å². The Morgan fingerprint density at radius 3 is 3.05 bits per heavy atom. The second-order valence-electron chi connectivity index (χ2n) is 5.39. The predicted octanol–water partition coefficient (Wildman–Crippen LogP) is 2.73. The maximum absolute atomic E-state index is 11.1. The Morgan fingerprint density at radius 1 is 1.55 bits per heavy atom. The number of likely N-dealkylation sites (tertiary alicyclic amines) is 1. The van der Waals surface area contributed by atoms with Gasteiger partial charge in [0.15, 0.2) is 0 Å². The van der Waals surface area contributed by atoms with Gasteiger partial charge in [-0.3, -0.25) is 4.79 Å². The number of hydrogen-bond acceptors (Lipinski definition) is 4. The largest absolute Gasteiger partial charge is 0.481 e. The van der Waals surface area contributed by atoms with Crippen molar-refractivity contribution in [3.8, 4) is 0 Å². The van der Waals surface area contributed by atoms with E-state index in [9.17, 15) is 4.79 Å². The van der Waals surface area contributed by atoms with E-state index in [1.54, 1.807) is 11.3 Å². The number of carbonyl (C=O) groups is 1. The Hall–Kier alpha value is -0.910. The molecular formula is C15H24N2O2S. The SMILES string of the molecule is CCN1CCCC(NC(CC(=O)O)c2cccs2)CC1. The number of thiophene rings is 1. The van der Waals surface area contributed by atoms with Gasteiger partial charge in [0.25, 0.3) is 0 Å². The molecule has 2 N–H and O–H groups in total. The van der Waals surface area contributed by atoms with Crippen molar-refractivity contribution in [2.75, 3.05) is 19.6 Å². The predicted molar refractivity (Wildman–Crippen MR) is 82.2 cm³/mol. The van der Waals surface area contributed by atoms with Gasteiger partial charge in [-0.15, -0.1) is 11.3 Å². The van der Waals surface area contributed by atoms with E-state index in [0.29, 0.717) is 6.04 Å². The van der Waals surface area contributed by atoms with Crippen molar-refractivity contribution in [1.82, 2.24) is 10.2 Å². The van der Waals surface area contributed by atoms with E-state index in [-0.39, 0.29) is 12.5 Å². The Balaban J connectivity index is 1.95. The zero-order chi connectivity index (χ0) is 14.4. The molecule has 4 nitrogen and oxygen atoms in total. The maximum Gasteiger partial charge on any atom is 0.305 e. The van der Waals surface area contributed by atoms with E-state index in [0.717, 1.165) is 37.4 Å². The van der Waals surface area contributed by atoms with Crippen LogP contribution in [-0.4, -0.2) is 41.7 Å². The molecule has 1 aliphatic heterocycles. The highest BCUT2D eigenvalue weighted by Crippen LogP contribution is 2.24.